The van der Waals surface area contributed by atoms with Crippen molar-refractivity contribution >= 4 is 0 Å². The highest BCUT2D eigenvalue weighted by Crippen LogP contribution is 2.41. The van der Waals surface area contributed by atoms with Gasteiger partial charge in [-0.05, 0) is 24.1 Å². The fourth-order valence-corrected chi connectivity index (χ4v) is 2.78. The molecule has 1 saturated carbocycles. The van der Waals surface area contributed by atoms with E-state index in [0.29, 0.717) is 18.3 Å². The Morgan fingerprint density at radius 2 is 1.92 bits per heavy atom. The maximum Gasteiger partial charge on any atom is 0.240 e. The van der Waals surface area contributed by atoms with Gasteiger partial charge in [0.25, 0.3) is 0 Å². The van der Waals surface area contributed by atoms with E-state index in [2.05, 4.69) is 15.5 Å². The maximum atomic E-state index is 13.3. The van der Waals surface area contributed by atoms with Gasteiger partial charge in [0, 0.05) is 17.5 Å². The van der Waals surface area contributed by atoms with Gasteiger partial charge in [0.1, 0.15) is 0 Å². The summed E-state index contributed by atoms with van der Waals surface area (Å²) in [4.78, 5) is 4.35. The molecule has 0 bridgehead atoms. The number of benzene rings is 2. The number of hydrogen-bond donors (Lipinski definition) is 1. The van der Waals surface area contributed by atoms with E-state index in [1.165, 1.54) is 12.1 Å². The normalized spacial score (nSPS) is 19.4. The number of nitrogens with one attached hydrogen (secondary N) is 1. The van der Waals surface area contributed by atoms with Crippen molar-refractivity contribution in [1.29, 1.82) is 0 Å². The van der Waals surface area contributed by atoms with Crippen molar-refractivity contribution in [2.45, 2.75) is 24.9 Å². The van der Waals surface area contributed by atoms with Crippen LogP contribution in [0.25, 0.3) is 11.4 Å². The van der Waals surface area contributed by atoms with Gasteiger partial charge >= 0.3 is 0 Å². The molecule has 6 heteroatoms. The molecule has 2 atom stereocenters. The second kappa shape index (κ2) is 6.13. The van der Waals surface area contributed by atoms with Gasteiger partial charge in [0.05, 0.1) is 6.54 Å². The van der Waals surface area contributed by atoms with Gasteiger partial charge in [-0.1, -0.05) is 41.6 Å². The molecule has 0 unspecified atom stereocenters. The van der Waals surface area contributed by atoms with Crippen LogP contribution in [0, 0.1) is 11.6 Å². The molecular formula is C18H15F2N3O. The third kappa shape index (κ3) is 3.05. The molecular weight excluding hydrogens is 312 g/mol. The van der Waals surface area contributed by atoms with Gasteiger partial charge in [-0.25, -0.2) is 8.78 Å². The lowest BCUT2D eigenvalue weighted by atomic mass is 10.1. The summed E-state index contributed by atoms with van der Waals surface area (Å²) in [5, 5.41) is 7.27. The summed E-state index contributed by atoms with van der Waals surface area (Å²) in [6.45, 7) is 0.449. The van der Waals surface area contributed by atoms with Crippen molar-refractivity contribution in [1.82, 2.24) is 15.5 Å². The quantitative estimate of drug-likeness (QED) is 0.777. The molecule has 0 aliphatic heterocycles. The monoisotopic (exact) mass is 327 g/mol. The molecule has 0 radical (unpaired) electrons. The summed E-state index contributed by atoms with van der Waals surface area (Å²) in [6.07, 6.45) is 0.880. The molecule has 1 aliphatic carbocycles. The number of rotatable bonds is 5. The predicted octanol–water partition coefficient (Wildman–Crippen LogP) is 3.66. The summed E-state index contributed by atoms with van der Waals surface area (Å²) in [7, 11) is 0. The summed E-state index contributed by atoms with van der Waals surface area (Å²) in [5.41, 5.74) is 1.71. The van der Waals surface area contributed by atoms with Gasteiger partial charge in [0.2, 0.25) is 11.7 Å². The standard InChI is InChI=1S/C18H15F2N3O/c19-14-7-6-12(8-15(14)20)13-9-16(13)21-10-17-22-18(23-24-17)11-4-2-1-3-5-11/h1-8,13,16,21H,9-10H2/t13-,16+/m0/s1. The zero-order chi connectivity index (χ0) is 16.5. The van der Waals surface area contributed by atoms with Crippen LogP contribution in [0.3, 0.4) is 0 Å². The molecule has 0 amide bonds. The predicted molar refractivity (Wildman–Crippen MR) is 84.1 cm³/mol. The minimum absolute atomic E-state index is 0.191. The van der Waals surface area contributed by atoms with Gasteiger partial charge in [-0.2, -0.15) is 4.98 Å². The minimum atomic E-state index is -0.816. The van der Waals surface area contributed by atoms with E-state index in [9.17, 15) is 8.78 Å². The van der Waals surface area contributed by atoms with Crippen molar-refractivity contribution in [3.8, 4) is 11.4 Å². The third-order valence-corrected chi connectivity index (χ3v) is 4.18. The molecule has 3 aromatic rings. The van der Waals surface area contributed by atoms with Crippen LogP contribution in [0.5, 0.6) is 0 Å². The van der Waals surface area contributed by atoms with E-state index in [4.69, 9.17) is 4.52 Å². The molecule has 1 heterocycles. The van der Waals surface area contributed by atoms with Gasteiger partial charge in [-0.3, -0.25) is 0 Å². The summed E-state index contributed by atoms with van der Waals surface area (Å²) in [5.74, 6) is -0.368. The van der Waals surface area contributed by atoms with E-state index >= 15 is 0 Å². The Balaban J connectivity index is 1.35. The summed E-state index contributed by atoms with van der Waals surface area (Å²) < 4.78 is 31.5. The van der Waals surface area contributed by atoms with Crippen LogP contribution >= 0.6 is 0 Å². The first-order valence-corrected chi connectivity index (χ1v) is 7.77. The van der Waals surface area contributed by atoms with Crippen LogP contribution in [-0.2, 0) is 6.54 Å². The third-order valence-electron chi connectivity index (χ3n) is 4.18. The Labute approximate surface area is 137 Å². The Kier molecular flexibility index (Phi) is 3.82. The topological polar surface area (TPSA) is 51.0 Å². The van der Waals surface area contributed by atoms with E-state index in [1.54, 1.807) is 6.07 Å². The van der Waals surface area contributed by atoms with Crippen LogP contribution in [0.4, 0.5) is 8.78 Å². The van der Waals surface area contributed by atoms with Crippen molar-refractivity contribution in [3.63, 3.8) is 0 Å². The molecule has 4 nitrogen and oxygen atoms in total. The molecule has 4 rings (SSSR count). The number of nitrogens with zero attached hydrogens (tertiary/aromatic N) is 2. The highest BCUT2D eigenvalue weighted by molar-refractivity contribution is 5.53. The first-order valence-electron chi connectivity index (χ1n) is 7.77. The van der Waals surface area contributed by atoms with Gasteiger partial charge in [-0.15, -0.1) is 0 Å². The minimum Gasteiger partial charge on any atom is -0.338 e. The molecule has 1 aromatic heterocycles. The van der Waals surface area contributed by atoms with Crippen LogP contribution in [0.2, 0.25) is 0 Å². The Bertz CT molecular complexity index is 850. The fraction of sp³-hybridized carbons (Fsp3) is 0.222. The van der Waals surface area contributed by atoms with E-state index in [-0.39, 0.29) is 12.0 Å². The summed E-state index contributed by atoms with van der Waals surface area (Å²) in [6, 6.07) is 13.9. The van der Waals surface area contributed by atoms with Crippen molar-refractivity contribution in [2.75, 3.05) is 0 Å². The Morgan fingerprint density at radius 1 is 1.08 bits per heavy atom. The highest BCUT2D eigenvalue weighted by Gasteiger charge is 2.38. The molecule has 122 valence electrons. The largest absolute Gasteiger partial charge is 0.338 e. The molecule has 1 fully saturated rings. The second-order valence-electron chi connectivity index (χ2n) is 5.88. The zero-order valence-corrected chi connectivity index (χ0v) is 12.7. The van der Waals surface area contributed by atoms with E-state index in [0.717, 1.165) is 17.5 Å². The molecule has 2 aromatic carbocycles. The molecule has 0 spiro atoms. The van der Waals surface area contributed by atoms with Gasteiger partial charge in [0.15, 0.2) is 11.6 Å². The van der Waals surface area contributed by atoms with Crippen LogP contribution < -0.4 is 5.32 Å². The lowest BCUT2D eigenvalue weighted by Gasteiger charge is -2.02. The SMILES string of the molecule is Fc1ccc([C@@H]2C[C@H]2NCc2nc(-c3ccccc3)no2)cc1F. The average Bonchev–Trinajstić information content (AvgIpc) is 3.23. The second-order valence-corrected chi connectivity index (χ2v) is 5.88. The first kappa shape index (κ1) is 15.0. The van der Waals surface area contributed by atoms with Crippen LogP contribution in [0.1, 0.15) is 23.8 Å². The molecule has 24 heavy (non-hydrogen) atoms. The fourth-order valence-electron chi connectivity index (χ4n) is 2.78. The number of hydrogen-bond acceptors (Lipinski definition) is 4. The molecule has 1 aliphatic rings. The van der Waals surface area contributed by atoms with Crippen molar-refractivity contribution < 1.29 is 13.3 Å². The van der Waals surface area contributed by atoms with Crippen LogP contribution in [0.15, 0.2) is 53.1 Å². The van der Waals surface area contributed by atoms with Crippen molar-refractivity contribution in [3.05, 3.63) is 71.6 Å². The lowest BCUT2D eigenvalue weighted by molar-refractivity contribution is 0.367. The van der Waals surface area contributed by atoms with Gasteiger partial charge < -0.3 is 9.84 Å². The summed E-state index contributed by atoms with van der Waals surface area (Å²) >= 11 is 0. The van der Waals surface area contributed by atoms with E-state index in [1.807, 2.05) is 30.3 Å². The number of aromatic nitrogens is 2. The van der Waals surface area contributed by atoms with Crippen molar-refractivity contribution in [2.24, 2.45) is 0 Å². The van der Waals surface area contributed by atoms with Crippen LogP contribution in [-0.4, -0.2) is 16.2 Å². The first-order chi connectivity index (χ1) is 11.7. The smallest absolute Gasteiger partial charge is 0.240 e. The maximum absolute atomic E-state index is 13.3. The number of halogens is 2. The Morgan fingerprint density at radius 3 is 2.71 bits per heavy atom. The molecule has 1 N–H and O–H groups in total. The molecule has 0 saturated heterocycles. The van der Waals surface area contributed by atoms with E-state index < -0.39 is 11.6 Å². The highest BCUT2D eigenvalue weighted by atomic mass is 19.2. The Hall–Kier alpha value is -2.60. The average molecular weight is 327 g/mol. The lowest BCUT2D eigenvalue weighted by Crippen LogP contribution is -2.17. The zero-order valence-electron chi connectivity index (χ0n) is 12.7.